The lowest BCUT2D eigenvalue weighted by Gasteiger charge is -2.28. The summed E-state index contributed by atoms with van der Waals surface area (Å²) < 4.78 is 5.58. The first-order valence-corrected chi connectivity index (χ1v) is 8.92. The zero-order chi connectivity index (χ0) is 16.2. The van der Waals surface area contributed by atoms with Gasteiger partial charge in [-0.3, -0.25) is 9.69 Å². The second-order valence-electron chi connectivity index (χ2n) is 6.64. The molecule has 4 nitrogen and oxygen atoms in total. The van der Waals surface area contributed by atoms with E-state index in [0.29, 0.717) is 36.8 Å². The van der Waals surface area contributed by atoms with Crippen LogP contribution < -0.4 is 10.1 Å². The third-order valence-corrected chi connectivity index (χ3v) is 4.89. The maximum atomic E-state index is 12.2. The lowest BCUT2D eigenvalue weighted by atomic mass is 10.1. The Bertz CT molecular complexity index is 544. The summed E-state index contributed by atoms with van der Waals surface area (Å²) >= 11 is 5.91. The molecule has 1 aromatic rings. The second-order valence-corrected chi connectivity index (χ2v) is 7.07. The molecular weight excluding hydrogens is 312 g/mol. The van der Waals surface area contributed by atoms with E-state index in [-0.39, 0.29) is 5.91 Å². The number of hydrogen-bond donors (Lipinski definition) is 1. The minimum atomic E-state index is 0.0964. The van der Waals surface area contributed by atoms with Crippen molar-refractivity contribution in [2.24, 2.45) is 5.92 Å². The number of carbonyl (C=O) groups is 1. The molecule has 0 radical (unpaired) electrons. The Labute approximate surface area is 143 Å². The van der Waals surface area contributed by atoms with Gasteiger partial charge in [0.1, 0.15) is 12.4 Å². The second kappa shape index (κ2) is 7.54. The van der Waals surface area contributed by atoms with E-state index in [2.05, 4.69) is 17.1 Å². The molecule has 2 saturated carbocycles. The molecule has 1 N–H and O–H groups in total. The number of nitrogens with one attached hydrogen (secondary N) is 1. The fraction of sp³-hybridized carbons (Fsp3) is 0.611. The van der Waals surface area contributed by atoms with Crippen LogP contribution in [-0.2, 0) is 4.79 Å². The SMILES string of the molecule is CC(C1CC1)N(CC(=O)NCCOc1cccc(Cl)c1)C1CC1. The highest BCUT2D eigenvalue weighted by Gasteiger charge is 2.39. The predicted octanol–water partition coefficient (Wildman–Crippen LogP) is 3.10. The minimum Gasteiger partial charge on any atom is -0.492 e. The Morgan fingerprint density at radius 2 is 2.17 bits per heavy atom. The summed E-state index contributed by atoms with van der Waals surface area (Å²) in [6, 6.07) is 8.46. The molecule has 1 atom stereocenters. The van der Waals surface area contributed by atoms with Gasteiger partial charge in [0.05, 0.1) is 13.1 Å². The fourth-order valence-electron chi connectivity index (χ4n) is 3.00. The summed E-state index contributed by atoms with van der Waals surface area (Å²) in [5, 5.41) is 3.61. The largest absolute Gasteiger partial charge is 0.492 e. The molecule has 2 aliphatic carbocycles. The van der Waals surface area contributed by atoms with Crippen LogP contribution in [0.4, 0.5) is 0 Å². The van der Waals surface area contributed by atoms with Gasteiger partial charge in [-0.1, -0.05) is 17.7 Å². The maximum Gasteiger partial charge on any atom is 0.234 e. The van der Waals surface area contributed by atoms with Crippen LogP contribution in [0.1, 0.15) is 32.6 Å². The molecule has 126 valence electrons. The number of benzene rings is 1. The molecule has 2 aliphatic rings. The topological polar surface area (TPSA) is 41.6 Å². The smallest absolute Gasteiger partial charge is 0.234 e. The fourth-order valence-corrected chi connectivity index (χ4v) is 3.18. The first kappa shape index (κ1) is 16.6. The van der Waals surface area contributed by atoms with E-state index in [1.54, 1.807) is 6.07 Å². The monoisotopic (exact) mass is 336 g/mol. The van der Waals surface area contributed by atoms with Crippen molar-refractivity contribution in [3.05, 3.63) is 29.3 Å². The van der Waals surface area contributed by atoms with E-state index in [1.165, 1.54) is 25.7 Å². The summed E-state index contributed by atoms with van der Waals surface area (Å²) in [7, 11) is 0. The van der Waals surface area contributed by atoms with Crippen LogP contribution in [0, 0.1) is 5.92 Å². The van der Waals surface area contributed by atoms with Crippen LogP contribution in [0.25, 0.3) is 0 Å². The van der Waals surface area contributed by atoms with Gasteiger partial charge in [-0.2, -0.15) is 0 Å². The molecule has 1 amide bonds. The van der Waals surface area contributed by atoms with Gasteiger partial charge < -0.3 is 10.1 Å². The zero-order valence-corrected chi connectivity index (χ0v) is 14.4. The molecule has 0 saturated heterocycles. The van der Waals surface area contributed by atoms with Crippen molar-refractivity contribution in [2.75, 3.05) is 19.7 Å². The van der Waals surface area contributed by atoms with Crippen molar-refractivity contribution in [3.8, 4) is 5.75 Å². The van der Waals surface area contributed by atoms with E-state index in [1.807, 2.05) is 18.2 Å². The van der Waals surface area contributed by atoms with Crippen LogP contribution in [0.15, 0.2) is 24.3 Å². The molecule has 3 rings (SSSR count). The van der Waals surface area contributed by atoms with Crippen molar-refractivity contribution >= 4 is 17.5 Å². The van der Waals surface area contributed by atoms with Crippen LogP contribution in [0.2, 0.25) is 5.02 Å². The first-order valence-electron chi connectivity index (χ1n) is 8.54. The third kappa shape index (κ3) is 5.11. The van der Waals surface area contributed by atoms with Crippen LogP contribution in [-0.4, -0.2) is 42.6 Å². The Balaban J connectivity index is 1.37. The van der Waals surface area contributed by atoms with E-state index >= 15 is 0 Å². The van der Waals surface area contributed by atoms with E-state index in [9.17, 15) is 4.79 Å². The molecule has 2 fully saturated rings. The summed E-state index contributed by atoms with van der Waals surface area (Å²) in [4.78, 5) is 14.6. The number of amides is 1. The summed E-state index contributed by atoms with van der Waals surface area (Å²) in [6.45, 7) is 3.75. The lowest BCUT2D eigenvalue weighted by Crippen LogP contribution is -2.44. The number of nitrogens with zero attached hydrogens (tertiary/aromatic N) is 1. The van der Waals surface area contributed by atoms with Crippen molar-refractivity contribution in [1.82, 2.24) is 10.2 Å². The van der Waals surface area contributed by atoms with Gasteiger partial charge in [0, 0.05) is 17.1 Å². The van der Waals surface area contributed by atoms with Gasteiger partial charge in [0.25, 0.3) is 0 Å². The highest BCUT2D eigenvalue weighted by Crippen LogP contribution is 2.39. The Morgan fingerprint density at radius 1 is 1.39 bits per heavy atom. The Hall–Kier alpha value is -1.26. The Kier molecular flexibility index (Phi) is 5.44. The molecular formula is C18H25ClN2O2. The first-order chi connectivity index (χ1) is 11.1. The van der Waals surface area contributed by atoms with E-state index in [0.717, 1.165) is 11.7 Å². The molecule has 1 unspecified atom stereocenters. The predicted molar refractivity (Wildman–Crippen MR) is 91.9 cm³/mol. The molecule has 0 bridgehead atoms. The van der Waals surface area contributed by atoms with E-state index < -0.39 is 0 Å². The van der Waals surface area contributed by atoms with Gasteiger partial charge >= 0.3 is 0 Å². The Morgan fingerprint density at radius 3 is 2.83 bits per heavy atom. The molecule has 5 heteroatoms. The lowest BCUT2D eigenvalue weighted by molar-refractivity contribution is -0.123. The van der Waals surface area contributed by atoms with Crippen LogP contribution in [0.5, 0.6) is 5.75 Å². The van der Waals surface area contributed by atoms with Crippen molar-refractivity contribution in [3.63, 3.8) is 0 Å². The maximum absolute atomic E-state index is 12.2. The molecule has 0 aromatic heterocycles. The minimum absolute atomic E-state index is 0.0964. The van der Waals surface area contributed by atoms with Crippen molar-refractivity contribution in [2.45, 2.75) is 44.7 Å². The van der Waals surface area contributed by atoms with Crippen molar-refractivity contribution < 1.29 is 9.53 Å². The average molecular weight is 337 g/mol. The third-order valence-electron chi connectivity index (χ3n) is 4.66. The molecule has 1 aromatic carbocycles. The number of ether oxygens (including phenoxy) is 1. The normalized spacial score (nSPS) is 18.7. The number of carbonyl (C=O) groups excluding carboxylic acids is 1. The highest BCUT2D eigenvalue weighted by molar-refractivity contribution is 6.30. The molecule has 0 aliphatic heterocycles. The highest BCUT2D eigenvalue weighted by atomic mass is 35.5. The van der Waals surface area contributed by atoms with Gasteiger partial charge in [-0.25, -0.2) is 0 Å². The van der Waals surface area contributed by atoms with Gasteiger partial charge in [0.2, 0.25) is 5.91 Å². The molecule has 23 heavy (non-hydrogen) atoms. The quantitative estimate of drug-likeness (QED) is 0.704. The van der Waals surface area contributed by atoms with Crippen molar-refractivity contribution in [1.29, 1.82) is 0 Å². The van der Waals surface area contributed by atoms with Gasteiger partial charge in [-0.15, -0.1) is 0 Å². The number of rotatable bonds is 9. The molecule has 0 spiro atoms. The molecule has 0 heterocycles. The number of halogens is 1. The average Bonchev–Trinajstić information content (AvgIpc) is 3.39. The standard InChI is InChI=1S/C18H25ClN2O2/c1-13(14-5-6-14)21(16-7-8-16)12-18(22)20-9-10-23-17-4-2-3-15(19)11-17/h2-4,11,13-14,16H,5-10,12H2,1H3,(H,20,22). The van der Waals surface area contributed by atoms with Crippen LogP contribution >= 0.6 is 11.6 Å². The zero-order valence-electron chi connectivity index (χ0n) is 13.6. The van der Waals surface area contributed by atoms with Gasteiger partial charge in [-0.05, 0) is 56.7 Å². The van der Waals surface area contributed by atoms with Gasteiger partial charge in [0.15, 0.2) is 0 Å². The number of hydrogen-bond acceptors (Lipinski definition) is 3. The summed E-state index contributed by atoms with van der Waals surface area (Å²) in [5.74, 6) is 1.63. The summed E-state index contributed by atoms with van der Waals surface area (Å²) in [5.41, 5.74) is 0. The summed E-state index contributed by atoms with van der Waals surface area (Å²) in [6.07, 6.45) is 5.11. The van der Waals surface area contributed by atoms with E-state index in [4.69, 9.17) is 16.3 Å². The van der Waals surface area contributed by atoms with Crippen LogP contribution in [0.3, 0.4) is 0 Å².